The van der Waals surface area contributed by atoms with E-state index in [1.165, 1.54) is 29.5 Å². The average Bonchev–Trinajstić information content (AvgIpc) is 2.78. The molecular weight excluding hydrogens is 322 g/mol. The van der Waals surface area contributed by atoms with E-state index < -0.39 is 6.61 Å². The maximum Gasteiger partial charge on any atom is 0.387 e. The van der Waals surface area contributed by atoms with Crippen LogP contribution in [0.25, 0.3) is 0 Å². The molecule has 0 saturated heterocycles. The zero-order valence-corrected chi connectivity index (χ0v) is 13.9. The summed E-state index contributed by atoms with van der Waals surface area (Å²) in [5.74, 6) is 0.156. The number of hydrogen-bond acceptors (Lipinski definition) is 4. The minimum Gasteiger partial charge on any atom is -0.435 e. The van der Waals surface area contributed by atoms with Gasteiger partial charge in [0.25, 0.3) is 5.91 Å². The molecular formula is C16H18F2N2O2S. The summed E-state index contributed by atoms with van der Waals surface area (Å²) in [4.78, 5) is 17.3. The first kappa shape index (κ1) is 17.3. The number of thiazole rings is 1. The topological polar surface area (TPSA) is 51.2 Å². The summed E-state index contributed by atoms with van der Waals surface area (Å²) in [6.07, 6.45) is 0.816. The number of halogens is 2. The molecule has 0 fully saturated rings. The van der Waals surface area contributed by atoms with Gasteiger partial charge in [-0.15, -0.1) is 11.3 Å². The highest BCUT2D eigenvalue weighted by Gasteiger charge is 2.16. The molecule has 0 unspecified atom stereocenters. The highest BCUT2D eigenvalue weighted by atomic mass is 32.1. The van der Waals surface area contributed by atoms with Gasteiger partial charge >= 0.3 is 6.61 Å². The van der Waals surface area contributed by atoms with E-state index in [2.05, 4.69) is 28.9 Å². The largest absolute Gasteiger partial charge is 0.435 e. The van der Waals surface area contributed by atoms with E-state index in [1.54, 1.807) is 13.0 Å². The lowest BCUT2D eigenvalue weighted by atomic mass is 10.1. The number of aromatic nitrogens is 1. The summed E-state index contributed by atoms with van der Waals surface area (Å²) in [6.45, 7) is 3.06. The van der Waals surface area contributed by atoms with Gasteiger partial charge in [0.15, 0.2) is 0 Å². The molecule has 0 spiro atoms. The Hall–Kier alpha value is -2.02. The Morgan fingerprint density at radius 3 is 2.78 bits per heavy atom. The first-order valence-corrected chi connectivity index (χ1v) is 7.99. The molecule has 124 valence electrons. The van der Waals surface area contributed by atoms with Crippen molar-refractivity contribution in [1.29, 1.82) is 0 Å². The van der Waals surface area contributed by atoms with Gasteiger partial charge in [0.2, 0.25) is 0 Å². The lowest BCUT2D eigenvalue weighted by Gasteiger charge is -2.07. The summed E-state index contributed by atoms with van der Waals surface area (Å²) >= 11 is 1.36. The zero-order chi connectivity index (χ0) is 17.0. The number of hydrogen-bond donors (Lipinski definition) is 1. The van der Waals surface area contributed by atoms with Gasteiger partial charge in [-0.3, -0.25) is 4.79 Å². The molecule has 2 rings (SSSR count). The number of carbonyl (C=O) groups is 1. The lowest BCUT2D eigenvalue weighted by Crippen LogP contribution is -2.11. The fourth-order valence-corrected chi connectivity index (χ4v) is 3.21. The Labute approximate surface area is 137 Å². The van der Waals surface area contributed by atoms with Crippen molar-refractivity contribution in [2.24, 2.45) is 5.92 Å². The van der Waals surface area contributed by atoms with Gasteiger partial charge in [-0.05, 0) is 25.0 Å². The van der Waals surface area contributed by atoms with Crippen molar-refractivity contribution in [2.45, 2.75) is 33.8 Å². The summed E-state index contributed by atoms with van der Waals surface area (Å²) in [5, 5.41) is 3.60. The standard InChI is InChI=1S/C16H18F2N2O2S/c1-9(2)7-13-19-10(3)14(23-13)15(21)20-11-5-4-6-12(8-11)22-16(17)18/h4-6,8-9,16H,7H2,1-3H3,(H,20,21). The molecule has 0 aliphatic rings. The van der Waals surface area contributed by atoms with E-state index >= 15 is 0 Å². The predicted molar refractivity (Wildman–Crippen MR) is 86.4 cm³/mol. The van der Waals surface area contributed by atoms with Crippen molar-refractivity contribution in [1.82, 2.24) is 4.98 Å². The minimum absolute atomic E-state index is 0.000627. The first-order valence-electron chi connectivity index (χ1n) is 7.17. The van der Waals surface area contributed by atoms with Crippen LogP contribution in [0.4, 0.5) is 14.5 Å². The van der Waals surface area contributed by atoms with E-state index in [-0.39, 0.29) is 11.7 Å². The quantitative estimate of drug-likeness (QED) is 0.842. The maximum absolute atomic E-state index is 12.3. The molecule has 0 bridgehead atoms. The SMILES string of the molecule is Cc1nc(CC(C)C)sc1C(=O)Nc1cccc(OC(F)F)c1. The Morgan fingerprint density at radius 1 is 1.39 bits per heavy atom. The Kier molecular flexibility index (Phi) is 5.65. The fraction of sp³-hybridized carbons (Fsp3) is 0.375. The Morgan fingerprint density at radius 2 is 2.13 bits per heavy atom. The molecule has 23 heavy (non-hydrogen) atoms. The number of amides is 1. The van der Waals surface area contributed by atoms with Crippen LogP contribution >= 0.6 is 11.3 Å². The van der Waals surface area contributed by atoms with Gasteiger partial charge in [-0.25, -0.2) is 4.98 Å². The number of nitrogens with one attached hydrogen (secondary N) is 1. The molecule has 0 radical (unpaired) electrons. The maximum atomic E-state index is 12.3. The van der Waals surface area contributed by atoms with E-state index in [1.807, 2.05) is 0 Å². The molecule has 0 aliphatic carbocycles. The van der Waals surface area contributed by atoms with E-state index in [0.717, 1.165) is 11.4 Å². The van der Waals surface area contributed by atoms with Crippen molar-refractivity contribution >= 4 is 22.9 Å². The third-order valence-corrected chi connectivity index (χ3v) is 4.13. The smallest absolute Gasteiger partial charge is 0.387 e. The molecule has 4 nitrogen and oxygen atoms in total. The summed E-state index contributed by atoms with van der Waals surface area (Å²) in [6, 6.07) is 5.91. The van der Waals surface area contributed by atoms with Crippen LogP contribution in [0.2, 0.25) is 0 Å². The van der Waals surface area contributed by atoms with Crippen LogP contribution in [0.3, 0.4) is 0 Å². The minimum atomic E-state index is -2.90. The molecule has 1 N–H and O–H groups in total. The van der Waals surface area contributed by atoms with E-state index in [9.17, 15) is 13.6 Å². The number of anilines is 1. The summed E-state index contributed by atoms with van der Waals surface area (Å²) < 4.78 is 28.8. The van der Waals surface area contributed by atoms with Crippen molar-refractivity contribution < 1.29 is 18.3 Å². The number of alkyl halides is 2. The van der Waals surface area contributed by atoms with Crippen molar-refractivity contribution in [2.75, 3.05) is 5.32 Å². The fourth-order valence-electron chi connectivity index (χ4n) is 2.04. The van der Waals surface area contributed by atoms with Crippen LogP contribution in [0.5, 0.6) is 5.75 Å². The number of benzene rings is 1. The van der Waals surface area contributed by atoms with E-state index in [4.69, 9.17) is 0 Å². The molecule has 1 aromatic heterocycles. The van der Waals surface area contributed by atoms with Gasteiger partial charge < -0.3 is 10.1 Å². The second kappa shape index (κ2) is 7.50. The molecule has 7 heteroatoms. The van der Waals surface area contributed by atoms with Crippen LogP contribution in [-0.2, 0) is 6.42 Å². The number of carbonyl (C=O) groups excluding carboxylic acids is 1. The van der Waals surface area contributed by atoms with Gasteiger partial charge in [0.05, 0.1) is 10.7 Å². The number of nitrogens with zero attached hydrogens (tertiary/aromatic N) is 1. The molecule has 1 aromatic carbocycles. The Balaban J connectivity index is 2.11. The van der Waals surface area contributed by atoms with Crippen molar-refractivity contribution in [3.8, 4) is 5.75 Å². The molecule has 0 saturated carbocycles. The van der Waals surface area contributed by atoms with Gasteiger partial charge in [-0.2, -0.15) is 8.78 Å². The zero-order valence-electron chi connectivity index (χ0n) is 13.1. The Bertz CT molecular complexity index is 686. The van der Waals surface area contributed by atoms with Crippen LogP contribution in [0.1, 0.15) is 34.2 Å². The van der Waals surface area contributed by atoms with Gasteiger partial charge in [-0.1, -0.05) is 19.9 Å². The number of ether oxygens (including phenoxy) is 1. The normalized spacial score (nSPS) is 11.1. The molecule has 2 aromatic rings. The highest BCUT2D eigenvalue weighted by Crippen LogP contribution is 2.24. The monoisotopic (exact) mass is 340 g/mol. The number of aryl methyl sites for hydroxylation is 1. The molecule has 0 atom stereocenters. The predicted octanol–water partition coefficient (Wildman–Crippen LogP) is 4.50. The summed E-state index contributed by atoms with van der Waals surface area (Å²) in [5.41, 5.74) is 1.06. The van der Waals surface area contributed by atoms with Crippen molar-refractivity contribution in [3.05, 3.63) is 39.8 Å². The molecule has 1 heterocycles. The third-order valence-electron chi connectivity index (χ3n) is 2.95. The second-order valence-corrected chi connectivity index (χ2v) is 6.56. The van der Waals surface area contributed by atoms with Crippen LogP contribution in [-0.4, -0.2) is 17.5 Å². The third kappa shape index (κ3) is 4.99. The number of rotatable bonds is 6. The van der Waals surface area contributed by atoms with E-state index in [0.29, 0.717) is 22.2 Å². The lowest BCUT2D eigenvalue weighted by molar-refractivity contribution is -0.0497. The first-order chi connectivity index (χ1) is 10.8. The van der Waals surface area contributed by atoms with Crippen LogP contribution < -0.4 is 10.1 Å². The van der Waals surface area contributed by atoms with Crippen LogP contribution in [0.15, 0.2) is 24.3 Å². The average molecular weight is 340 g/mol. The summed E-state index contributed by atoms with van der Waals surface area (Å²) in [7, 11) is 0. The van der Waals surface area contributed by atoms with Crippen molar-refractivity contribution in [3.63, 3.8) is 0 Å². The van der Waals surface area contributed by atoms with Crippen LogP contribution in [0, 0.1) is 12.8 Å². The molecule has 1 amide bonds. The molecule has 0 aliphatic heterocycles. The highest BCUT2D eigenvalue weighted by molar-refractivity contribution is 7.13. The second-order valence-electron chi connectivity index (χ2n) is 5.48. The van der Waals surface area contributed by atoms with Gasteiger partial charge in [0.1, 0.15) is 10.6 Å². The van der Waals surface area contributed by atoms with Gasteiger partial charge in [0, 0.05) is 18.2 Å².